The molecular formula is C3HI2N2. The zero-order chi connectivity index (χ0) is 5.28. The van der Waals surface area contributed by atoms with Crippen molar-refractivity contribution >= 4 is 45.2 Å². The van der Waals surface area contributed by atoms with Crippen molar-refractivity contribution in [3.05, 3.63) is 13.7 Å². The van der Waals surface area contributed by atoms with Crippen LogP contribution in [0.2, 0.25) is 0 Å². The zero-order valence-corrected chi connectivity index (χ0v) is 7.52. The van der Waals surface area contributed by atoms with Crippen LogP contribution >= 0.6 is 45.2 Å². The van der Waals surface area contributed by atoms with Gasteiger partial charge in [-0.2, -0.15) is 0 Å². The van der Waals surface area contributed by atoms with Crippen molar-refractivity contribution in [2.24, 2.45) is 0 Å². The standard InChI is InChI=1S/C3HI2N2/c4-2-1-6-3(5)7-2/h(H,6,7). The van der Waals surface area contributed by atoms with Gasteiger partial charge < -0.3 is 4.98 Å². The molecule has 4 heteroatoms. The van der Waals surface area contributed by atoms with E-state index in [4.69, 9.17) is 0 Å². The van der Waals surface area contributed by atoms with Gasteiger partial charge in [0.1, 0.15) is 3.70 Å². The molecule has 0 aliphatic rings. The van der Waals surface area contributed by atoms with Gasteiger partial charge in [-0.1, -0.05) is 0 Å². The Kier molecular flexibility index (Phi) is 1.90. The Morgan fingerprint density at radius 2 is 2.29 bits per heavy atom. The number of nitrogens with zero attached hydrogens (tertiary/aromatic N) is 1. The van der Waals surface area contributed by atoms with Gasteiger partial charge in [0.15, 0.2) is 3.83 Å². The van der Waals surface area contributed by atoms with Gasteiger partial charge in [0.2, 0.25) is 0 Å². The summed E-state index contributed by atoms with van der Waals surface area (Å²) in [6, 6.07) is 0. The normalized spacial score (nSPS) is 9.43. The predicted octanol–water partition coefficient (Wildman–Crippen LogP) is 1.42. The monoisotopic (exact) mass is 319 g/mol. The third kappa shape index (κ3) is 1.56. The highest BCUT2D eigenvalue weighted by Gasteiger charge is 1.89. The lowest BCUT2D eigenvalue weighted by molar-refractivity contribution is 1.22. The van der Waals surface area contributed by atoms with E-state index < -0.39 is 0 Å². The Balaban J connectivity index is 3.04. The average Bonchev–Trinajstić information content (AvgIpc) is 1.87. The van der Waals surface area contributed by atoms with Crippen molar-refractivity contribution in [2.75, 3.05) is 0 Å². The first-order valence-corrected chi connectivity index (χ1v) is 3.73. The molecule has 0 amide bonds. The molecule has 37 valence electrons. The second kappa shape index (κ2) is 2.29. The van der Waals surface area contributed by atoms with E-state index in [0.29, 0.717) is 0 Å². The Bertz CT molecular complexity index is 143. The number of rotatable bonds is 0. The van der Waals surface area contributed by atoms with Gasteiger partial charge in [0, 0.05) is 0 Å². The minimum Gasteiger partial charge on any atom is -0.331 e. The summed E-state index contributed by atoms with van der Waals surface area (Å²) in [5.41, 5.74) is 0. The molecule has 0 saturated heterocycles. The summed E-state index contributed by atoms with van der Waals surface area (Å²) >= 11 is 4.20. The maximum atomic E-state index is 3.97. The van der Waals surface area contributed by atoms with Crippen LogP contribution in [0.4, 0.5) is 0 Å². The number of imidazole rings is 1. The van der Waals surface area contributed by atoms with E-state index in [2.05, 4.69) is 61.3 Å². The highest BCUT2D eigenvalue weighted by atomic mass is 127. The smallest absolute Gasteiger partial charge is 0.170 e. The fourth-order valence-electron chi connectivity index (χ4n) is 0.245. The predicted molar refractivity (Wildman–Crippen MR) is 42.9 cm³/mol. The fraction of sp³-hybridized carbons (Fsp3) is 0. The molecule has 0 saturated carbocycles. The van der Waals surface area contributed by atoms with Crippen molar-refractivity contribution in [1.82, 2.24) is 9.97 Å². The van der Waals surface area contributed by atoms with Gasteiger partial charge in [0.25, 0.3) is 0 Å². The van der Waals surface area contributed by atoms with Gasteiger partial charge in [-0.3, -0.25) is 0 Å². The van der Waals surface area contributed by atoms with Crippen LogP contribution in [0.15, 0.2) is 0 Å². The van der Waals surface area contributed by atoms with Crippen LogP contribution in [-0.2, 0) is 0 Å². The highest BCUT2D eigenvalue weighted by Crippen LogP contribution is 2.00. The van der Waals surface area contributed by atoms with Crippen molar-refractivity contribution in [2.45, 2.75) is 0 Å². The SMILES string of the molecule is Ic1[c][nH]c(I)n1. The van der Waals surface area contributed by atoms with Crippen molar-refractivity contribution in [1.29, 1.82) is 0 Å². The quantitative estimate of drug-likeness (QED) is 0.720. The van der Waals surface area contributed by atoms with Crippen LogP contribution in [0.3, 0.4) is 0 Å². The second-order valence-corrected chi connectivity index (χ2v) is 2.99. The van der Waals surface area contributed by atoms with Crippen LogP contribution in [0.1, 0.15) is 0 Å². The largest absolute Gasteiger partial charge is 0.331 e. The molecule has 0 fully saturated rings. The molecule has 1 rings (SSSR count). The summed E-state index contributed by atoms with van der Waals surface area (Å²) in [4.78, 5) is 6.78. The van der Waals surface area contributed by atoms with E-state index in [-0.39, 0.29) is 0 Å². The van der Waals surface area contributed by atoms with E-state index in [1.54, 1.807) is 0 Å². The molecule has 0 atom stereocenters. The van der Waals surface area contributed by atoms with Gasteiger partial charge in [-0.05, 0) is 45.2 Å². The molecular weight excluding hydrogens is 318 g/mol. The summed E-state index contributed by atoms with van der Waals surface area (Å²) in [7, 11) is 0. The number of halogens is 2. The minimum absolute atomic E-state index is 0.891. The average molecular weight is 319 g/mol. The summed E-state index contributed by atoms with van der Waals surface area (Å²) in [6.07, 6.45) is 2.81. The van der Waals surface area contributed by atoms with E-state index >= 15 is 0 Å². The summed E-state index contributed by atoms with van der Waals surface area (Å²) in [5.74, 6) is 0. The number of H-pyrrole nitrogens is 1. The molecule has 1 N–H and O–H groups in total. The number of hydrogen-bond donors (Lipinski definition) is 1. The minimum atomic E-state index is 0.891. The Hall–Kier alpha value is 0.670. The summed E-state index contributed by atoms with van der Waals surface area (Å²) in [6.45, 7) is 0. The molecule has 0 aliphatic heterocycles. The van der Waals surface area contributed by atoms with Crippen molar-refractivity contribution in [3.8, 4) is 0 Å². The summed E-state index contributed by atoms with van der Waals surface area (Å²) in [5, 5.41) is 0. The second-order valence-electron chi connectivity index (χ2n) is 0.943. The van der Waals surface area contributed by atoms with Crippen molar-refractivity contribution in [3.63, 3.8) is 0 Å². The Morgan fingerprint density at radius 3 is 2.43 bits per heavy atom. The van der Waals surface area contributed by atoms with E-state index in [9.17, 15) is 0 Å². The Labute approximate surface area is 68.4 Å². The molecule has 2 nitrogen and oxygen atoms in total. The maximum absolute atomic E-state index is 3.97. The molecule has 1 heterocycles. The van der Waals surface area contributed by atoms with Crippen LogP contribution in [0.5, 0.6) is 0 Å². The molecule has 0 unspecified atom stereocenters. The topological polar surface area (TPSA) is 28.7 Å². The van der Waals surface area contributed by atoms with E-state index in [1.807, 2.05) is 0 Å². The molecule has 1 aromatic rings. The fourth-order valence-corrected chi connectivity index (χ4v) is 1.46. The highest BCUT2D eigenvalue weighted by molar-refractivity contribution is 14.1. The van der Waals surface area contributed by atoms with Crippen molar-refractivity contribution < 1.29 is 0 Å². The first kappa shape index (κ1) is 5.80. The van der Waals surface area contributed by atoms with Gasteiger partial charge in [-0.15, -0.1) is 0 Å². The first-order chi connectivity index (χ1) is 3.29. The van der Waals surface area contributed by atoms with E-state index in [1.165, 1.54) is 0 Å². The Morgan fingerprint density at radius 1 is 1.57 bits per heavy atom. The molecule has 0 aliphatic carbocycles. The van der Waals surface area contributed by atoms with Gasteiger partial charge in [-0.25, -0.2) is 4.98 Å². The lowest BCUT2D eigenvalue weighted by Gasteiger charge is -1.67. The lowest BCUT2D eigenvalue weighted by Crippen LogP contribution is -1.68. The molecule has 0 bridgehead atoms. The molecule has 0 spiro atoms. The first-order valence-electron chi connectivity index (χ1n) is 1.58. The third-order valence-electron chi connectivity index (χ3n) is 0.465. The van der Waals surface area contributed by atoms with Crippen LogP contribution in [-0.4, -0.2) is 9.97 Å². The summed E-state index contributed by atoms with van der Waals surface area (Å²) < 4.78 is 1.78. The van der Waals surface area contributed by atoms with Crippen LogP contribution < -0.4 is 0 Å². The molecule has 1 radical (unpaired) electrons. The maximum Gasteiger partial charge on any atom is 0.170 e. The van der Waals surface area contributed by atoms with Gasteiger partial charge in [0.05, 0.1) is 6.20 Å². The molecule has 1 aromatic heterocycles. The number of aromatic nitrogens is 2. The zero-order valence-electron chi connectivity index (χ0n) is 3.20. The van der Waals surface area contributed by atoms with E-state index in [0.717, 1.165) is 7.53 Å². The number of hydrogen-bond acceptors (Lipinski definition) is 1. The third-order valence-corrected chi connectivity index (χ3v) is 1.49. The van der Waals surface area contributed by atoms with Crippen LogP contribution in [0, 0.1) is 13.7 Å². The number of nitrogens with one attached hydrogen (secondary N) is 1. The van der Waals surface area contributed by atoms with Crippen LogP contribution in [0.25, 0.3) is 0 Å². The molecule has 0 aromatic carbocycles. The lowest BCUT2D eigenvalue weighted by atomic mass is 11.0. The molecule has 7 heavy (non-hydrogen) atoms. The number of aromatic amines is 1. The van der Waals surface area contributed by atoms with Gasteiger partial charge >= 0.3 is 0 Å².